The van der Waals surface area contributed by atoms with Crippen molar-refractivity contribution in [2.75, 3.05) is 31.6 Å². The number of rotatable bonds is 4. The van der Waals surface area contributed by atoms with Crippen LogP contribution in [0.2, 0.25) is 0 Å². The number of hydrogen-bond acceptors (Lipinski definition) is 5. The number of nitrogens with one attached hydrogen (secondary N) is 1. The van der Waals surface area contributed by atoms with Crippen LogP contribution >= 0.6 is 0 Å². The smallest absolute Gasteiger partial charge is 0.270 e. The summed E-state index contributed by atoms with van der Waals surface area (Å²) in [6.45, 7) is 2.61. The monoisotopic (exact) mass is 427 g/mol. The van der Waals surface area contributed by atoms with E-state index in [-0.39, 0.29) is 29.5 Å². The lowest BCUT2D eigenvalue weighted by atomic mass is 10.2. The van der Waals surface area contributed by atoms with Crippen LogP contribution in [0.25, 0.3) is 11.0 Å². The molecule has 2 heterocycles. The van der Waals surface area contributed by atoms with E-state index in [9.17, 15) is 18.0 Å². The zero-order chi connectivity index (χ0) is 21.3. The van der Waals surface area contributed by atoms with Gasteiger partial charge in [0.15, 0.2) is 0 Å². The van der Waals surface area contributed by atoms with Gasteiger partial charge in [0.2, 0.25) is 15.9 Å². The van der Waals surface area contributed by atoms with Gasteiger partial charge in [0.1, 0.15) is 6.33 Å². The Morgan fingerprint density at radius 1 is 1.00 bits per heavy atom. The third kappa shape index (κ3) is 3.79. The van der Waals surface area contributed by atoms with Gasteiger partial charge in [-0.2, -0.15) is 4.31 Å². The topological polar surface area (TPSA) is 105 Å². The van der Waals surface area contributed by atoms with E-state index in [1.807, 2.05) is 24.3 Å². The fourth-order valence-electron chi connectivity index (χ4n) is 3.41. The molecule has 30 heavy (non-hydrogen) atoms. The largest absolute Gasteiger partial charge is 0.340 e. The van der Waals surface area contributed by atoms with Gasteiger partial charge in [-0.3, -0.25) is 15.0 Å². The molecule has 2 aromatic carbocycles. The lowest BCUT2D eigenvalue weighted by Crippen LogP contribution is -2.49. The highest BCUT2D eigenvalue weighted by atomic mass is 32.2. The number of benzene rings is 2. The second-order valence-electron chi connectivity index (χ2n) is 6.98. The van der Waals surface area contributed by atoms with Crippen molar-refractivity contribution in [2.24, 2.45) is 0 Å². The summed E-state index contributed by atoms with van der Waals surface area (Å²) >= 11 is 0. The Labute approximate surface area is 173 Å². The van der Waals surface area contributed by atoms with Crippen LogP contribution in [0.5, 0.6) is 0 Å². The Morgan fingerprint density at radius 3 is 2.47 bits per heavy atom. The summed E-state index contributed by atoms with van der Waals surface area (Å²) in [5.41, 5.74) is 4.41. The van der Waals surface area contributed by atoms with Gasteiger partial charge in [-0.15, -0.1) is 0 Å². The first-order valence-corrected chi connectivity index (χ1v) is 10.9. The molecule has 1 fully saturated rings. The van der Waals surface area contributed by atoms with E-state index in [2.05, 4.69) is 10.4 Å². The number of fused-ring (bicyclic) bond motifs is 1. The van der Waals surface area contributed by atoms with Crippen molar-refractivity contribution in [3.8, 4) is 0 Å². The predicted molar refractivity (Wildman–Crippen MR) is 111 cm³/mol. The third-order valence-corrected chi connectivity index (χ3v) is 6.99. The van der Waals surface area contributed by atoms with Crippen LogP contribution in [-0.2, 0) is 14.8 Å². The normalized spacial score (nSPS) is 15.3. The van der Waals surface area contributed by atoms with E-state index in [4.69, 9.17) is 0 Å². The minimum atomic E-state index is -3.77. The van der Waals surface area contributed by atoms with Gasteiger partial charge in [-0.25, -0.2) is 18.1 Å². The molecule has 1 aliphatic heterocycles. The quantitative estimate of drug-likeness (QED) is 0.675. The number of imidazole rings is 1. The molecule has 0 bridgehead atoms. The maximum Gasteiger partial charge on any atom is 0.270 e. The van der Waals surface area contributed by atoms with Crippen molar-refractivity contribution in [3.63, 3.8) is 0 Å². The van der Waals surface area contributed by atoms with Gasteiger partial charge in [0, 0.05) is 38.7 Å². The Hall–Kier alpha value is -3.24. The fraction of sp³-hybridized carbons (Fsp3) is 0.250. The van der Waals surface area contributed by atoms with Crippen molar-refractivity contribution in [1.29, 1.82) is 0 Å². The van der Waals surface area contributed by atoms with Gasteiger partial charge >= 0.3 is 0 Å². The van der Waals surface area contributed by atoms with Crippen LogP contribution in [0.3, 0.4) is 0 Å². The van der Waals surface area contributed by atoms with E-state index in [1.165, 1.54) is 34.4 Å². The average molecular weight is 427 g/mol. The Balaban J connectivity index is 1.53. The van der Waals surface area contributed by atoms with Crippen molar-refractivity contribution < 1.29 is 18.0 Å². The molecule has 156 valence electrons. The number of piperazine rings is 1. The summed E-state index contributed by atoms with van der Waals surface area (Å²) in [6.07, 6.45) is 1.50. The number of sulfonamides is 1. The van der Waals surface area contributed by atoms with Gasteiger partial charge in [0.05, 0.1) is 15.9 Å². The third-order valence-electron chi connectivity index (χ3n) is 5.09. The molecule has 10 heteroatoms. The molecule has 2 amide bonds. The highest BCUT2D eigenvalue weighted by Crippen LogP contribution is 2.19. The van der Waals surface area contributed by atoms with E-state index in [0.29, 0.717) is 13.1 Å². The summed E-state index contributed by atoms with van der Waals surface area (Å²) < 4.78 is 28.9. The fourth-order valence-corrected chi connectivity index (χ4v) is 4.88. The lowest BCUT2D eigenvalue weighted by molar-refractivity contribution is -0.129. The number of aromatic nitrogens is 2. The van der Waals surface area contributed by atoms with Crippen molar-refractivity contribution in [1.82, 2.24) is 18.9 Å². The van der Waals surface area contributed by atoms with E-state index in [0.717, 1.165) is 11.0 Å². The number of hydrogen-bond donors (Lipinski definition) is 1. The highest BCUT2D eigenvalue weighted by molar-refractivity contribution is 7.89. The summed E-state index contributed by atoms with van der Waals surface area (Å²) in [5, 5.41) is 0. The minimum Gasteiger partial charge on any atom is -0.340 e. The Kier molecular flexibility index (Phi) is 5.27. The standard InChI is InChI=1S/C20H21N5O4S/c1-15(26)23-9-11-24(12-10-23)30(28,29)17-6-4-5-16(13-17)20(27)22-25-14-21-18-7-2-3-8-19(18)25/h2-8,13-14H,9-12H2,1H3,(H,22,27). The number of amides is 2. The molecule has 1 N–H and O–H groups in total. The Bertz CT molecular complexity index is 1210. The van der Waals surface area contributed by atoms with Crippen molar-refractivity contribution in [2.45, 2.75) is 11.8 Å². The summed E-state index contributed by atoms with van der Waals surface area (Å²) in [5.74, 6) is -0.519. The first-order chi connectivity index (χ1) is 14.4. The SMILES string of the molecule is CC(=O)N1CCN(S(=O)(=O)c2cccc(C(=O)Nn3cnc4ccccc43)c2)CC1. The molecule has 0 unspecified atom stereocenters. The zero-order valence-electron chi connectivity index (χ0n) is 16.4. The van der Waals surface area contributed by atoms with Crippen LogP contribution in [0.4, 0.5) is 0 Å². The molecule has 1 aromatic heterocycles. The Morgan fingerprint density at radius 2 is 1.73 bits per heavy atom. The molecule has 3 aromatic rings. The molecule has 0 atom stereocenters. The second kappa shape index (κ2) is 7.88. The highest BCUT2D eigenvalue weighted by Gasteiger charge is 2.29. The molecule has 0 radical (unpaired) electrons. The minimum absolute atomic E-state index is 0.0434. The second-order valence-corrected chi connectivity index (χ2v) is 8.92. The number of nitrogens with zero attached hydrogens (tertiary/aromatic N) is 4. The van der Waals surface area contributed by atoms with Crippen LogP contribution in [0.1, 0.15) is 17.3 Å². The zero-order valence-corrected chi connectivity index (χ0v) is 17.2. The molecular weight excluding hydrogens is 406 g/mol. The van der Waals surface area contributed by atoms with Crippen molar-refractivity contribution in [3.05, 3.63) is 60.4 Å². The molecular formula is C20H21N5O4S. The predicted octanol–water partition coefficient (Wildman–Crippen LogP) is 1.27. The molecule has 1 aliphatic rings. The summed E-state index contributed by atoms with van der Waals surface area (Å²) in [6, 6.07) is 13.3. The van der Waals surface area contributed by atoms with Crippen LogP contribution in [0, 0.1) is 0 Å². The van der Waals surface area contributed by atoms with Crippen LogP contribution in [-0.4, -0.2) is 65.3 Å². The maximum atomic E-state index is 13.0. The van der Waals surface area contributed by atoms with E-state index < -0.39 is 15.9 Å². The van der Waals surface area contributed by atoms with Gasteiger partial charge in [0.25, 0.3) is 5.91 Å². The van der Waals surface area contributed by atoms with E-state index in [1.54, 1.807) is 17.0 Å². The maximum absolute atomic E-state index is 13.0. The van der Waals surface area contributed by atoms with E-state index >= 15 is 0 Å². The molecule has 0 spiro atoms. The van der Waals surface area contributed by atoms with Crippen LogP contribution < -0.4 is 5.43 Å². The molecule has 1 saturated heterocycles. The average Bonchev–Trinajstić information content (AvgIpc) is 3.16. The molecule has 4 rings (SSSR count). The first-order valence-electron chi connectivity index (χ1n) is 9.45. The first kappa shape index (κ1) is 20.0. The number of para-hydroxylation sites is 2. The number of carbonyl (C=O) groups excluding carboxylic acids is 2. The van der Waals surface area contributed by atoms with Crippen molar-refractivity contribution >= 4 is 32.9 Å². The summed E-state index contributed by atoms with van der Waals surface area (Å²) in [7, 11) is -3.77. The number of carbonyl (C=O) groups is 2. The van der Waals surface area contributed by atoms with Crippen LogP contribution in [0.15, 0.2) is 59.8 Å². The van der Waals surface area contributed by atoms with Gasteiger partial charge in [-0.05, 0) is 30.3 Å². The lowest BCUT2D eigenvalue weighted by Gasteiger charge is -2.33. The molecule has 9 nitrogen and oxygen atoms in total. The van der Waals surface area contributed by atoms with Gasteiger partial charge < -0.3 is 4.90 Å². The molecule has 0 saturated carbocycles. The van der Waals surface area contributed by atoms with Gasteiger partial charge in [-0.1, -0.05) is 18.2 Å². The summed E-state index contributed by atoms with van der Waals surface area (Å²) in [4.78, 5) is 30.1. The molecule has 0 aliphatic carbocycles.